The zero-order chi connectivity index (χ0) is 18.1. The number of carbonyl (C=O) groups is 1. The summed E-state index contributed by atoms with van der Waals surface area (Å²) in [6.07, 6.45) is 8.22. The van der Waals surface area contributed by atoms with Crippen LogP contribution in [0, 0.1) is 0 Å². The lowest BCUT2D eigenvalue weighted by molar-refractivity contribution is -0.116. The fourth-order valence-corrected chi connectivity index (χ4v) is 3.90. The third-order valence-electron chi connectivity index (χ3n) is 4.59. The molecule has 1 aliphatic heterocycles. The minimum Gasteiger partial charge on any atom is -0.321 e. The molecule has 2 aromatic heterocycles. The highest BCUT2D eigenvalue weighted by Gasteiger charge is 2.19. The molecule has 1 atom stereocenters. The van der Waals surface area contributed by atoms with Crippen LogP contribution in [0.2, 0.25) is 0 Å². The van der Waals surface area contributed by atoms with E-state index in [-0.39, 0.29) is 0 Å². The van der Waals surface area contributed by atoms with Crippen molar-refractivity contribution in [2.75, 3.05) is 12.8 Å². The van der Waals surface area contributed by atoms with Gasteiger partial charge in [-0.15, -0.1) is 0 Å². The highest BCUT2D eigenvalue weighted by atomic mass is 32.2. The number of benzene rings is 1. The molecule has 0 saturated carbocycles. The van der Waals surface area contributed by atoms with Crippen molar-refractivity contribution in [2.45, 2.75) is 17.7 Å². The van der Waals surface area contributed by atoms with Crippen molar-refractivity contribution >= 4 is 28.3 Å². The molecule has 1 unspecified atom stereocenters. The Morgan fingerprint density at radius 2 is 2.08 bits per heavy atom. The van der Waals surface area contributed by atoms with E-state index < -0.39 is 10.8 Å². The van der Waals surface area contributed by atoms with Crippen LogP contribution in [0.3, 0.4) is 0 Å². The first-order valence-electron chi connectivity index (χ1n) is 8.50. The zero-order valence-electron chi connectivity index (χ0n) is 14.5. The Labute approximate surface area is 154 Å². The van der Waals surface area contributed by atoms with Crippen molar-refractivity contribution in [3.63, 3.8) is 0 Å². The Bertz CT molecular complexity index is 1040. The van der Waals surface area contributed by atoms with Crippen molar-refractivity contribution in [2.24, 2.45) is 0 Å². The molecule has 6 heteroatoms. The van der Waals surface area contributed by atoms with Gasteiger partial charge in [0.25, 0.3) is 0 Å². The predicted molar refractivity (Wildman–Crippen MR) is 103 cm³/mol. The van der Waals surface area contributed by atoms with Crippen LogP contribution in [0.5, 0.6) is 0 Å². The average molecular weight is 365 g/mol. The van der Waals surface area contributed by atoms with Gasteiger partial charge in [0.1, 0.15) is 5.82 Å². The molecule has 0 N–H and O–H groups in total. The van der Waals surface area contributed by atoms with Crippen LogP contribution >= 0.6 is 0 Å². The lowest BCUT2D eigenvalue weighted by Gasteiger charge is -2.20. The molecule has 0 fully saturated rings. The Hall–Kier alpha value is -2.73. The molecule has 26 heavy (non-hydrogen) atoms. The Balaban J connectivity index is 1.90. The van der Waals surface area contributed by atoms with Crippen LogP contribution in [0.4, 0.5) is 0 Å². The third kappa shape index (κ3) is 2.97. The lowest BCUT2D eigenvalue weighted by atomic mass is 10.1. The number of rotatable bonds is 4. The fraction of sp³-hybridized carbons (Fsp3) is 0.200. The Morgan fingerprint density at radius 3 is 2.88 bits per heavy atom. The van der Waals surface area contributed by atoms with E-state index in [1.54, 1.807) is 11.2 Å². The van der Waals surface area contributed by atoms with E-state index in [1.807, 2.05) is 54.9 Å². The summed E-state index contributed by atoms with van der Waals surface area (Å²) in [5.74, 6) is 0.852. The van der Waals surface area contributed by atoms with Gasteiger partial charge in [-0.05, 0) is 37.1 Å². The fourth-order valence-electron chi connectivity index (χ4n) is 3.33. The van der Waals surface area contributed by atoms with E-state index in [0.29, 0.717) is 0 Å². The van der Waals surface area contributed by atoms with Gasteiger partial charge in [0.2, 0.25) is 6.41 Å². The van der Waals surface area contributed by atoms with E-state index in [9.17, 15) is 9.00 Å². The Kier molecular flexibility index (Phi) is 4.42. The molecule has 3 aromatic rings. The third-order valence-corrected chi connectivity index (χ3v) is 5.51. The first-order chi connectivity index (χ1) is 12.7. The maximum Gasteiger partial charge on any atom is 0.213 e. The van der Waals surface area contributed by atoms with E-state index in [2.05, 4.69) is 4.40 Å². The van der Waals surface area contributed by atoms with Gasteiger partial charge < -0.3 is 4.90 Å². The van der Waals surface area contributed by atoms with Crippen LogP contribution < -0.4 is 0 Å². The van der Waals surface area contributed by atoms with Crippen molar-refractivity contribution in [3.8, 4) is 11.3 Å². The normalized spacial score (nSPS) is 15.7. The standard InChI is InChI=1S/C20H19N3O2S/c1-26(25)17-8-4-6-15(12-17)19-18-9-2-3-11-23(18)20(21-19)16-7-5-10-22(13-16)14-24/h2-4,6,8-9,11-14H,5,7,10H2,1H3. The van der Waals surface area contributed by atoms with Crippen molar-refractivity contribution in [1.82, 2.24) is 14.3 Å². The Morgan fingerprint density at radius 1 is 1.19 bits per heavy atom. The van der Waals surface area contributed by atoms with Gasteiger partial charge in [-0.3, -0.25) is 13.4 Å². The number of carbonyl (C=O) groups excluding carboxylic acids is 1. The molecule has 3 heterocycles. The molecule has 1 amide bonds. The molecule has 4 rings (SSSR count). The highest BCUT2D eigenvalue weighted by Crippen LogP contribution is 2.31. The summed E-state index contributed by atoms with van der Waals surface area (Å²) < 4.78 is 13.9. The second-order valence-corrected chi connectivity index (χ2v) is 7.70. The van der Waals surface area contributed by atoms with Gasteiger partial charge >= 0.3 is 0 Å². The molecule has 0 bridgehead atoms. The number of nitrogens with zero attached hydrogens (tertiary/aromatic N) is 3. The molecular weight excluding hydrogens is 346 g/mol. The second-order valence-electron chi connectivity index (χ2n) is 6.32. The number of fused-ring (bicyclic) bond motifs is 1. The number of pyridine rings is 1. The zero-order valence-corrected chi connectivity index (χ0v) is 15.3. The maximum absolute atomic E-state index is 11.9. The summed E-state index contributed by atoms with van der Waals surface area (Å²) in [7, 11) is -1.04. The van der Waals surface area contributed by atoms with Crippen molar-refractivity contribution in [1.29, 1.82) is 0 Å². The number of amides is 1. The molecular formula is C20H19N3O2S. The van der Waals surface area contributed by atoms with Gasteiger partial charge in [-0.1, -0.05) is 18.2 Å². The van der Waals surface area contributed by atoms with Crippen LogP contribution in [0.15, 0.2) is 59.8 Å². The monoisotopic (exact) mass is 365 g/mol. The van der Waals surface area contributed by atoms with Gasteiger partial charge in [-0.25, -0.2) is 4.98 Å². The first-order valence-corrected chi connectivity index (χ1v) is 10.1. The van der Waals surface area contributed by atoms with Crippen LogP contribution in [0.1, 0.15) is 18.7 Å². The number of hydrogen-bond donors (Lipinski definition) is 0. The SMILES string of the molecule is CS(=O)c1cccc(-c2nc(C3=CN(C=O)CCC3)n3ccccc23)c1. The number of allylic oxidation sites excluding steroid dienone is 1. The minimum absolute atomic E-state index is 0.744. The van der Waals surface area contributed by atoms with E-state index in [1.165, 1.54) is 0 Å². The molecule has 1 aliphatic rings. The smallest absolute Gasteiger partial charge is 0.213 e. The molecule has 5 nitrogen and oxygen atoms in total. The van der Waals surface area contributed by atoms with Crippen LogP contribution in [0.25, 0.3) is 22.3 Å². The second kappa shape index (κ2) is 6.88. The predicted octanol–water partition coefficient (Wildman–Crippen LogP) is 3.33. The number of hydrogen-bond acceptors (Lipinski definition) is 3. The van der Waals surface area contributed by atoms with E-state index in [0.717, 1.165) is 58.9 Å². The number of imidazole rings is 1. The summed E-state index contributed by atoms with van der Waals surface area (Å²) in [5.41, 5.74) is 3.84. The summed E-state index contributed by atoms with van der Waals surface area (Å²) in [4.78, 5) is 18.5. The molecule has 1 aromatic carbocycles. The summed E-state index contributed by atoms with van der Waals surface area (Å²) in [6.45, 7) is 0.744. The van der Waals surface area contributed by atoms with E-state index in [4.69, 9.17) is 4.98 Å². The van der Waals surface area contributed by atoms with Gasteiger partial charge in [0.15, 0.2) is 0 Å². The van der Waals surface area contributed by atoms with Gasteiger partial charge in [0, 0.05) is 52.0 Å². The molecule has 0 radical (unpaired) electrons. The average Bonchev–Trinajstić information content (AvgIpc) is 3.08. The van der Waals surface area contributed by atoms with Crippen LogP contribution in [-0.4, -0.2) is 37.7 Å². The molecule has 132 valence electrons. The quantitative estimate of drug-likeness (QED) is 0.667. The minimum atomic E-state index is -1.04. The lowest BCUT2D eigenvalue weighted by Crippen LogP contribution is -2.21. The summed E-state index contributed by atoms with van der Waals surface area (Å²) in [6, 6.07) is 13.7. The highest BCUT2D eigenvalue weighted by molar-refractivity contribution is 7.84. The van der Waals surface area contributed by atoms with E-state index >= 15 is 0 Å². The number of aromatic nitrogens is 2. The van der Waals surface area contributed by atoms with Crippen molar-refractivity contribution < 1.29 is 9.00 Å². The van der Waals surface area contributed by atoms with Crippen molar-refractivity contribution in [3.05, 3.63) is 60.7 Å². The topological polar surface area (TPSA) is 54.7 Å². The van der Waals surface area contributed by atoms with Gasteiger partial charge in [0.05, 0.1) is 11.2 Å². The molecule has 0 spiro atoms. The summed E-state index contributed by atoms with van der Waals surface area (Å²) in [5, 5.41) is 0. The van der Waals surface area contributed by atoms with Crippen LogP contribution in [-0.2, 0) is 15.6 Å². The molecule has 0 saturated heterocycles. The summed E-state index contributed by atoms with van der Waals surface area (Å²) >= 11 is 0. The first kappa shape index (κ1) is 16.7. The molecule has 0 aliphatic carbocycles. The maximum atomic E-state index is 11.9. The van der Waals surface area contributed by atoms with Gasteiger partial charge in [-0.2, -0.15) is 0 Å². The largest absolute Gasteiger partial charge is 0.321 e.